The zero-order valence-corrected chi connectivity index (χ0v) is 12.2. The summed E-state index contributed by atoms with van der Waals surface area (Å²) < 4.78 is 12.9. The number of hydrogen-bond acceptors (Lipinski definition) is 1. The molecule has 3 heteroatoms. The Morgan fingerprint density at radius 3 is 2.36 bits per heavy atom. The highest BCUT2D eigenvalue weighted by molar-refractivity contribution is 5.94. The second-order valence-electron chi connectivity index (χ2n) is 5.31. The molecule has 0 spiro atoms. The average molecular weight is 293 g/mol. The van der Waals surface area contributed by atoms with Gasteiger partial charge in [-0.3, -0.25) is 4.79 Å². The fourth-order valence-electron chi connectivity index (χ4n) is 2.44. The highest BCUT2D eigenvalue weighted by Crippen LogP contribution is 2.20. The van der Waals surface area contributed by atoms with Crippen LogP contribution >= 0.6 is 0 Å². The van der Waals surface area contributed by atoms with E-state index in [0.717, 1.165) is 10.9 Å². The van der Waals surface area contributed by atoms with E-state index in [4.69, 9.17) is 0 Å². The highest BCUT2D eigenvalue weighted by Gasteiger charge is 2.11. The topological polar surface area (TPSA) is 29.1 Å². The molecule has 3 rings (SSSR count). The molecule has 1 amide bonds. The molecule has 0 aliphatic carbocycles. The van der Waals surface area contributed by atoms with Crippen molar-refractivity contribution in [1.29, 1.82) is 0 Å². The van der Waals surface area contributed by atoms with E-state index < -0.39 is 0 Å². The third kappa shape index (κ3) is 2.98. The van der Waals surface area contributed by atoms with Crippen molar-refractivity contribution in [3.63, 3.8) is 0 Å². The number of halogens is 1. The molecule has 0 saturated carbocycles. The molecule has 3 aromatic rings. The van der Waals surface area contributed by atoms with Gasteiger partial charge in [0.1, 0.15) is 5.82 Å². The minimum absolute atomic E-state index is 0.123. The van der Waals surface area contributed by atoms with Crippen molar-refractivity contribution < 1.29 is 9.18 Å². The van der Waals surface area contributed by atoms with Crippen molar-refractivity contribution in [3.05, 3.63) is 83.7 Å². The molecule has 0 bridgehead atoms. The number of nitrogens with one attached hydrogen (secondary N) is 1. The van der Waals surface area contributed by atoms with Crippen LogP contribution in [-0.2, 0) is 0 Å². The molecule has 1 N–H and O–H groups in total. The van der Waals surface area contributed by atoms with Crippen LogP contribution in [-0.4, -0.2) is 5.91 Å². The van der Waals surface area contributed by atoms with Crippen LogP contribution in [0.25, 0.3) is 10.8 Å². The van der Waals surface area contributed by atoms with E-state index in [1.54, 1.807) is 0 Å². The van der Waals surface area contributed by atoms with E-state index in [1.807, 2.05) is 37.3 Å². The summed E-state index contributed by atoms with van der Waals surface area (Å²) in [5.74, 6) is -0.556. The van der Waals surface area contributed by atoms with Gasteiger partial charge in [-0.15, -0.1) is 0 Å². The van der Waals surface area contributed by atoms with Gasteiger partial charge in [0.25, 0.3) is 5.91 Å². The number of fused-ring (bicyclic) bond motifs is 1. The molecular weight excluding hydrogens is 277 g/mol. The summed E-state index contributed by atoms with van der Waals surface area (Å²) in [4.78, 5) is 12.2. The average Bonchev–Trinajstić information content (AvgIpc) is 2.55. The van der Waals surface area contributed by atoms with Crippen LogP contribution in [0.1, 0.15) is 28.9 Å². The van der Waals surface area contributed by atoms with Crippen molar-refractivity contribution in [2.75, 3.05) is 0 Å². The third-order valence-electron chi connectivity index (χ3n) is 3.73. The number of hydrogen-bond donors (Lipinski definition) is 1. The molecule has 2 nitrogen and oxygen atoms in total. The molecule has 0 aromatic heterocycles. The first kappa shape index (κ1) is 14.3. The van der Waals surface area contributed by atoms with E-state index in [1.165, 1.54) is 29.7 Å². The molecule has 3 aromatic carbocycles. The predicted octanol–water partition coefficient (Wildman–Crippen LogP) is 4.47. The van der Waals surface area contributed by atoms with E-state index in [9.17, 15) is 9.18 Å². The first-order valence-corrected chi connectivity index (χ1v) is 7.18. The Bertz CT molecular complexity index is 811. The predicted molar refractivity (Wildman–Crippen MR) is 86.2 cm³/mol. The number of benzene rings is 3. The number of carbonyl (C=O) groups is 1. The first-order chi connectivity index (χ1) is 10.6. The van der Waals surface area contributed by atoms with E-state index in [2.05, 4.69) is 17.4 Å². The van der Waals surface area contributed by atoms with Crippen LogP contribution in [0, 0.1) is 5.82 Å². The number of rotatable bonds is 3. The lowest BCUT2D eigenvalue weighted by molar-refractivity contribution is 0.0940. The van der Waals surface area contributed by atoms with Crippen LogP contribution in [0.2, 0.25) is 0 Å². The van der Waals surface area contributed by atoms with Gasteiger partial charge in [-0.2, -0.15) is 0 Å². The lowest BCUT2D eigenvalue weighted by Gasteiger charge is -2.15. The summed E-state index contributed by atoms with van der Waals surface area (Å²) in [7, 11) is 0. The standard InChI is InChI=1S/C19H16FNO/c1-13(21-19(22)15-8-10-18(20)11-9-15)16-7-6-14-4-2-3-5-17(14)12-16/h2-13H,1H3,(H,21,22)/t13-/m0/s1. The Morgan fingerprint density at radius 2 is 1.64 bits per heavy atom. The molecular formula is C19H16FNO. The second-order valence-corrected chi connectivity index (χ2v) is 5.31. The first-order valence-electron chi connectivity index (χ1n) is 7.18. The zero-order chi connectivity index (χ0) is 15.5. The molecule has 22 heavy (non-hydrogen) atoms. The molecule has 0 saturated heterocycles. The lowest BCUT2D eigenvalue weighted by atomic mass is 10.0. The zero-order valence-electron chi connectivity index (χ0n) is 12.2. The van der Waals surface area contributed by atoms with Crippen molar-refractivity contribution in [2.24, 2.45) is 0 Å². The normalized spacial score (nSPS) is 12.1. The second kappa shape index (κ2) is 5.98. The summed E-state index contributed by atoms with van der Waals surface area (Å²) in [6, 6.07) is 19.7. The van der Waals surface area contributed by atoms with Gasteiger partial charge in [-0.25, -0.2) is 4.39 Å². The van der Waals surface area contributed by atoms with Gasteiger partial charge in [0.05, 0.1) is 6.04 Å². The molecule has 0 fully saturated rings. The van der Waals surface area contributed by atoms with Gasteiger partial charge in [0.2, 0.25) is 0 Å². The highest BCUT2D eigenvalue weighted by atomic mass is 19.1. The fraction of sp³-hybridized carbons (Fsp3) is 0.105. The molecule has 0 unspecified atom stereocenters. The largest absolute Gasteiger partial charge is 0.346 e. The molecule has 1 atom stereocenters. The van der Waals surface area contributed by atoms with E-state index in [-0.39, 0.29) is 17.8 Å². The Kier molecular flexibility index (Phi) is 3.88. The van der Waals surface area contributed by atoms with Crippen LogP contribution in [0.4, 0.5) is 4.39 Å². The van der Waals surface area contributed by atoms with Gasteiger partial charge in [-0.1, -0.05) is 36.4 Å². The quantitative estimate of drug-likeness (QED) is 0.758. The molecule has 0 aliphatic heterocycles. The SMILES string of the molecule is C[C@H](NC(=O)c1ccc(F)cc1)c1ccc2ccccc2c1. The van der Waals surface area contributed by atoms with E-state index >= 15 is 0 Å². The summed E-state index contributed by atoms with van der Waals surface area (Å²) >= 11 is 0. The molecule has 110 valence electrons. The molecule has 0 heterocycles. The monoisotopic (exact) mass is 293 g/mol. The van der Waals surface area contributed by atoms with Crippen LogP contribution in [0.5, 0.6) is 0 Å². The Hall–Kier alpha value is -2.68. The van der Waals surface area contributed by atoms with Gasteiger partial charge in [-0.05, 0) is 53.6 Å². The Labute approximate surface area is 128 Å². The van der Waals surface area contributed by atoms with Crippen molar-refractivity contribution >= 4 is 16.7 Å². The summed E-state index contributed by atoms with van der Waals surface area (Å²) in [5, 5.41) is 5.25. The Balaban J connectivity index is 1.79. The Morgan fingerprint density at radius 1 is 0.955 bits per heavy atom. The minimum Gasteiger partial charge on any atom is -0.346 e. The summed E-state index contributed by atoms with van der Waals surface area (Å²) in [6.07, 6.45) is 0. The van der Waals surface area contributed by atoms with E-state index in [0.29, 0.717) is 5.56 Å². The van der Waals surface area contributed by atoms with Gasteiger partial charge >= 0.3 is 0 Å². The molecule has 0 radical (unpaired) electrons. The van der Waals surface area contributed by atoms with Gasteiger partial charge in [0, 0.05) is 5.56 Å². The number of carbonyl (C=O) groups excluding carboxylic acids is 1. The van der Waals surface area contributed by atoms with Gasteiger partial charge < -0.3 is 5.32 Å². The van der Waals surface area contributed by atoms with Gasteiger partial charge in [0.15, 0.2) is 0 Å². The van der Waals surface area contributed by atoms with Crippen LogP contribution in [0.3, 0.4) is 0 Å². The number of amides is 1. The van der Waals surface area contributed by atoms with Crippen molar-refractivity contribution in [2.45, 2.75) is 13.0 Å². The van der Waals surface area contributed by atoms with Crippen molar-refractivity contribution in [3.8, 4) is 0 Å². The van der Waals surface area contributed by atoms with Crippen LogP contribution < -0.4 is 5.32 Å². The fourth-order valence-corrected chi connectivity index (χ4v) is 2.44. The minimum atomic E-state index is -0.348. The summed E-state index contributed by atoms with van der Waals surface area (Å²) in [6.45, 7) is 1.94. The molecule has 0 aliphatic rings. The maximum atomic E-state index is 12.9. The van der Waals surface area contributed by atoms with Crippen LogP contribution in [0.15, 0.2) is 66.7 Å². The third-order valence-corrected chi connectivity index (χ3v) is 3.73. The van der Waals surface area contributed by atoms with Crippen molar-refractivity contribution in [1.82, 2.24) is 5.32 Å². The smallest absolute Gasteiger partial charge is 0.251 e. The summed E-state index contributed by atoms with van der Waals surface area (Å²) in [5.41, 5.74) is 1.49. The maximum Gasteiger partial charge on any atom is 0.251 e. The lowest BCUT2D eigenvalue weighted by Crippen LogP contribution is -2.26. The maximum absolute atomic E-state index is 12.9.